The average molecular weight is 623 g/mol. The van der Waals surface area contributed by atoms with Crippen molar-refractivity contribution in [2.24, 2.45) is 17.9 Å². The summed E-state index contributed by atoms with van der Waals surface area (Å²) in [5.74, 6) is -2.68. The predicted molar refractivity (Wildman–Crippen MR) is 150 cm³/mol. The fourth-order valence-electron chi connectivity index (χ4n) is 2.88. The molecule has 6 N–H and O–H groups in total. The number of thioether (sulfide) groups is 2. The van der Waals surface area contributed by atoms with E-state index in [9.17, 15) is 19.5 Å². The first-order valence-corrected chi connectivity index (χ1v) is 14.5. The molecule has 4 heterocycles. The van der Waals surface area contributed by atoms with Gasteiger partial charge in [0.05, 0.1) is 29.2 Å². The number of hydrogen-bond donors (Lipinski definition) is 4. The number of anilines is 1. The van der Waals surface area contributed by atoms with Crippen LogP contribution in [0.25, 0.3) is 11.3 Å². The van der Waals surface area contributed by atoms with Crippen LogP contribution < -0.4 is 26.5 Å². The summed E-state index contributed by atoms with van der Waals surface area (Å²) in [7, 11) is 1.94. The van der Waals surface area contributed by atoms with Crippen molar-refractivity contribution in [2.75, 3.05) is 11.5 Å². The molecule has 14 nitrogen and oxygen atoms in total. The van der Waals surface area contributed by atoms with Crippen molar-refractivity contribution in [3.8, 4) is 11.3 Å². The first-order valence-electron chi connectivity index (χ1n) is 10.9. The van der Waals surface area contributed by atoms with Crippen LogP contribution in [0.5, 0.6) is 0 Å². The van der Waals surface area contributed by atoms with Gasteiger partial charge in [-0.05, 0) is 0 Å². The summed E-state index contributed by atoms with van der Waals surface area (Å²) in [6.45, 7) is 3.25. The second-order valence-corrected chi connectivity index (χ2v) is 11.7. The molecule has 0 aliphatic carbocycles. The number of carbonyl (C=O) groups is 3. The van der Waals surface area contributed by atoms with Gasteiger partial charge in [-0.3, -0.25) is 9.59 Å². The minimum absolute atomic E-state index is 0.0434. The third-order valence-corrected chi connectivity index (χ3v) is 8.54. The molecule has 1 atom stereocenters. The van der Waals surface area contributed by atoms with E-state index in [1.165, 1.54) is 34.9 Å². The Morgan fingerprint density at radius 3 is 2.67 bits per heavy atom. The van der Waals surface area contributed by atoms with E-state index < -0.39 is 23.2 Å². The smallest absolute Gasteiger partial charge is 0.306 e. The number of oxime groups is 1. The second kappa shape index (κ2) is 14.4. The van der Waals surface area contributed by atoms with Crippen LogP contribution in [0.4, 0.5) is 5.13 Å². The van der Waals surface area contributed by atoms with Gasteiger partial charge < -0.3 is 36.6 Å². The van der Waals surface area contributed by atoms with Gasteiger partial charge in [0.2, 0.25) is 11.5 Å². The fourth-order valence-corrected chi connectivity index (χ4v) is 6.51. The van der Waals surface area contributed by atoms with Crippen LogP contribution in [0.15, 0.2) is 62.8 Å². The summed E-state index contributed by atoms with van der Waals surface area (Å²) < 4.78 is 6.40. The zero-order valence-electron chi connectivity index (χ0n) is 20.7. The van der Waals surface area contributed by atoms with Crippen molar-refractivity contribution in [1.29, 1.82) is 0 Å². The molecule has 1 aliphatic heterocycles. The van der Waals surface area contributed by atoms with E-state index in [1.807, 2.05) is 41.5 Å². The number of hydrogen-bond acceptors (Lipinski definition) is 15. The number of nitrogens with two attached hydrogens (primary N) is 2. The Balaban J connectivity index is 0.000000267. The molecular formula is C22H22N8O6S4. The zero-order chi connectivity index (χ0) is 29.2. The predicted octanol–water partition coefficient (Wildman–Crippen LogP) is 0.295. The van der Waals surface area contributed by atoms with Crippen LogP contribution in [0.2, 0.25) is 0 Å². The van der Waals surface area contributed by atoms with Crippen LogP contribution in [0, 0.1) is 0 Å². The molecule has 0 bridgehead atoms. The summed E-state index contributed by atoms with van der Waals surface area (Å²) in [6, 6.07) is 3.92. The standard InChI is InChI=1S/C16H15N3O4S3.C6H7N5O2S/c1-19-4-2-9(3-5-19)10-7-25-16(17-10)26-11-8-24-12(6-13(20)21)18-14(11)15(22)23;1-2-13-10-3(4(7)12)5-9-6(8)14-11-5/h2-5,7,12,18H,6,8H2,1H3,(H-,20,21,22,23);2H,1H2,(H2,7,12)(H2,8,9,11)/b;10-3+. The lowest BCUT2D eigenvalue weighted by molar-refractivity contribution is -0.671. The molecule has 3 aromatic heterocycles. The Hall–Kier alpha value is -4.00. The third kappa shape index (κ3) is 8.76. The lowest BCUT2D eigenvalue weighted by Gasteiger charge is -2.28. The highest BCUT2D eigenvalue weighted by Gasteiger charge is 2.25. The highest BCUT2D eigenvalue weighted by atomic mass is 32.2. The van der Waals surface area contributed by atoms with Crippen molar-refractivity contribution in [1.82, 2.24) is 19.7 Å². The average Bonchev–Trinajstić information content (AvgIpc) is 3.54. The van der Waals surface area contributed by atoms with Gasteiger partial charge in [0.25, 0.3) is 5.91 Å². The second-order valence-electron chi connectivity index (χ2n) is 7.51. The van der Waals surface area contributed by atoms with Crippen LogP contribution in [-0.4, -0.2) is 54.1 Å². The normalized spacial score (nSPS) is 14.9. The molecule has 1 amide bonds. The lowest BCUT2D eigenvalue weighted by atomic mass is 10.2. The third-order valence-electron chi connectivity index (χ3n) is 4.64. The number of nitrogens with one attached hydrogen (secondary N) is 1. The minimum atomic E-state index is -1.34. The number of amides is 1. The molecule has 18 heteroatoms. The molecule has 1 unspecified atom stereocenters. The molecule has 0 saturated carbocycles. The largest absolute Gasteiger partial charge is 0.543 e. The highest BCUT2D eigenvalue weighted by molar-refractivity contribution is 8.07. The van der Waals surface area contributed by atoms with Crippen molar-refractivity contribution in [3.05, 3.63) is 59.2 Å². The summed E-state index contributed by atoms with van der Waals surface area (Å²) in [5, 5.41) is 28.1. The van der Waals surface area contributed by atoms with Crippen molar-refractivity contribution < 1.29 is 34.0 Å². The number of rotatable bonds is 10. The van der Waals surface area contributed by atoms with Gasteiger partial charge in [0.1, 0.15) is 13.3 Å². The number of carboxylic acids is 2. The minimum Gasteiger partial charge on any atom is -0.543 e. The van der Waals surface area contributed by atoms with Gasteiger partial charge in [-0.1, -0.05) is 23.5 Å². The molecule has 0 saturated heterocycles. The maximum Gasteiger partial charge on any atom is 0.306 e. The lowest BCUT2D eigenvalue weighted by Crippen LogP contribution is -2.41. The summed E-state index contributed by atoms with van der Waals surface area (Å²) in [6.07, 6.45) is 4.75. The van der Waals surface area contributed by atoms with E-state index >= 15 is 0 Å². The van der Waals surface area contributed by atoms with E-state index in [-0.39, 0.29) is 28.8 Å². The van der Waals surface area contributed by atoms with Crippen molar-refractivity contribution >= 4 is 75.1 Å². The number of nitrogens with zero attached hydrogens (tertiary/aromatic N) is 5. The molecule has 1 aliphatic rings. The number of aromatic nitrogens is 4. The number of nitrogen functional groups attached to an aromatic ring is 1. The Bertz CT molecular complexity index is 1450. The Morgan fingerprint density at radius 2 is 2.10 bits per heavy atom. The Kier molecular flexibility index (Phi) is 11.0. The van der Waals surface area contributed by atoms with Crippen LogP contribution in [0.1, 0.15) is 12.2 Å². The van der Waals surface area contributed by atoms with Gasteiger partial charge in [-0.25, -0.2) is 9.55 Å². The Morgan fingerprint density at radius 1 is 1.38 bits per heavy atom. The molecule has 0 aromatic carbocycles. The van der Waals surface area contributed by atoms with E-state index in [4.69, 9.17) is 16.6 Å². The van der Waals surface area contributed by atoms with Crippen molar-refractivity contribution in [3.63, 3.8) is 0 Å². The molecular weight excluding hydrogens is 601 g/mol. The van der Waals surface area contributed by atoms with E-state index in [0.29, 0.717) is 10.7 Å². The molecule has 0 fully saturated rings. The number of aliphatic carboxylic acids is 2. The molecule has 4 rings (SSSR count). The van der Waals surface area contributed by atoms with Gasteiger partial charge in [0.15, 0.2) is 21.9 Å². The maximum absolute atomic E-state index is 11.4. The Labute approximate surface area is 244 Å². The summed E-state index contributed by atoms with van der Waals surface area (Å²) in [4.78, 5) is 46.4. The number of carboxylic acid groups (broad SMARTS) is 2. The van der Waals surface area contributed by atoms with E-state index in [1.54, 1.807) is 0 Å². The number of thiazole rings is 1. The zero-order valence-corrected chi connectivity index (χ0v) is 23.9. The molecule has 0 radical (unpaired) electrons. The van der Waals surface area contributed by atoms with Gasteiger partial charge >= 0.3 is 5.97 Å². The first-order chi connectivity index (χ1) is 19.1. The first kappa shape index (κ1) is 30.5. The molecule has 0 spiro atoms. The number of pyridine rings is 1. The maximum atomic E-state index is 11.4. The molecule has 40 heavy (non-hydrogen) atoms. The van der Waals surface area contributed by atoms with E-state index in [2.05, 4.69) is 36.2 Å². The van der Waals surface area contributed by atoms with Crippen molar-refractivity contribution in [2.45, 2.75) is 16.1 Å². The summed E-state index contributed by atoms with van der Waals surface area (Å²) in [5.41, 5.74) is 11.9. The fraction of sp³-hybridized carbons (Fsp3) is 0.182. The van der Waals surface area contributed by atoms with Crippen LogP contribution in [-0.2, 0) is 26.3 Å². The number of carbonyl (C=O) groups excluding carboxylic acids is 2. The van der Waals surface area contributed by atoms with Crippen LogP contribution >= 0.6 is 46.4 Å². The van der Waals surface area contributed by atoms with Gasteiger partial charge in [0, 0.05) is 45.3 Å². The van der Waals surface area contributed by atoms with Crippen LogP contribution in [0.3, 0.4) is 0 Å². The van der Waals surface area contributed by atoms with Gasteiger partial charge in [-0.2, -0.15) is 9.36 Å². The van der Waals surface area contributed by atoms with E-state index in [0.717, 1.165) is 33.4 Å². The molecule has 210 valence electrons. The van der Waals surface area contributed by atoms with Gasteiger partial charge in [-0.15, -0.1) is 23.1 Å². The topological polar surface area (TPSA) is 223 Å². The monoisotopic (exact) mass is 622 g/mol. The quantitative estimate of drug-likeness (QED) is 0.103. The summed E-state index contributed by atoms with van der Waals surface area (Å²) >= 11 is 4.99. The number of primary amides is 1. The SMILES string of the molecule is C=CO/N=C(\C(N)=O)c1nsc(N)n1.C[n+]1ccc(-c2csc(SC3=C(C(=O)[O-])NC(CC(=O)O)SC3)n2)cc1. The highest BCUT2D eigenvalue weighted by Crippen LogP contribution is 2.38. The number of aryl methyl sites for hydroxylation is 1. The molecule has 3 aromatic rings.